The third-order valence-electron chi connectivity index (χ3n) is 7.96. The molecule has 1 aliphatic heterocycles. The zero-order valence-electron chi connectivity index (χ0n) is 23.5. The Morgan fingerprint density at radius 1 is 1.23 bits per heavy atom. The standard InChI is InChI=1S/C30H38N6O3/c1-6-30(3,4)36-28(32-33-34-36)27(25-17-22-10-7-9-20(2)26(22)31-29(25)37)35(19-24-11-8-16-39-24)18-21-12-14-23(38-5)15-13-21/h7,9-10,12-15,17,24,27H,6,8,11,16,18-19H2,1-5H3,(H,31,37)/t24-,27-/m1/s1. The average Bonchev–Trinajstić information content (AvgIpc) is 3.63. The molecule has 1 saturated heterocycles. The minimum absolute atomic E-state index is 0.0658. The van der Waals surface area contributed by atoms with Crippen molar-refractivity contribution in [2.24, 2.45) is 0 Å². The smallest absolute Gasteiger partial charge is 0.253 e. The molecule has 206 valence electrons. The Labute approximate surface area is 229 Å². The summed E-state index contributed by atoms with van der Waals surface area (Å²) in [7, 11) is 1.66. The van der Waals surface area contributed by atoms with Crippen molar-refractivity contribution in [3.05, 3.63) is 81.4 Å². The highest BCUT2D eigenvalue weighted by Gasteiger charge is 2.36. The second kappa shape index (κ2) is 11.3. The van der Waals surface area contributed by atoms with Gasteiger partial charge in [-0.2, -0.15) is 0 Å². The molecule has 0 spiro atoms. The number of benzene rings is 2. The number of pyridine rings is 1. The fourth-order valence-electron chi connectivity index (χ4n) is 5.32. The number of tetrazole rings is 1. The Kier molecular flexibility index (Phi) is 7.81. The third-order valence-corrected chi connectivity index (χ3v) is 7.96. The maximum atomic E-state index is 13.8. The highest BCUT2D eigenvalue weighted by molar-refractivity contribution is 5.82. The van der Waals surface area contributed by atoms with E-state index in [4.69, 9.17) is 9.47 Å². The average molecular weight is 531 g/mol. The van der Waals surface area contributed by atoms with Crippen LogP contribution in [0, 0.1) is 6.92 Å². The van der Waals surface area contributed by atoms with Gasteiger partial charge in [-0.25, -0.2) is 4.68 Å². The molecule has 0 unspecified atom stereocenters. The SMILES string of the molecule is CCC(C)(C)n1nnnc1[C@@H](c1cc2cccc(C)c2[nH]c1=O)N(Cc1ccc(OC)cc1)C[C@H]1CCCO1. The van der Waals surface area contributed by atoms with Crippen LogP contribution < -0.4 is 10.3 Å². The summed E-state index contributed by atoms with van der Waals surface area (Å²) in [5.41, 5.74) is 3.10. The number of hydrogen-bond donors (Lipinski definition) is 1. The van der Waals surface area contributed by atoms with E-state index in [9.17, 15) is 4.79 Å². The summed E-state index contributed by atoms with van der Waals surface area (Å²) in [6, 6.07) is 15.6. The van der Waals surface area contributed by atoms with Crippen LogP contribution in [0.25, 0.3) is 10.9 Å². The molecule has 2 atom stereocenters. The Bertz CT molecular complexity index is 1470. The number of para-hydroxylation sites is 1. The quantitative estimate of drug-likeness (QED) is 0.316. The van der Waals surface area contributed by atoms with Gasteiger partial charge in [-0.15, -0.1) is 5.10 Å². The van der Waals surface area contributed by atoms with Crippen molar-refractivity contribution in [2.75, 3.05) is 20.3 Å². The van der Waals surface area contributed by atoms with E-state index in [0.717, 1.165) is 53.6 Å². The molecule has 9 nitrogen and oxygen atoms in total. The molecule has 5 rings (SSSR count). The molecule has 1 N–H and O–H groups in total. The molecule has 4 aromatic rings. The first kappa shape index (κ1) is 27.0. The molecule has 3 heterocycles. The molecule has 1 aliphatic rings. The van der Waals surface area contributed by atoms with Gasteiger partial charge < -0.3 is 14.5 Å². The molecule has 0 saturated carbocycles. The van der Waals surface area contributed by atoms with Gasteiger partial charge in [0, 0.05) is 25.3 Å². The Balaban J connectivity index is 1.69. The number of aromatic nitrogens is 5. The predicted octanol–water partition coefficient (Wildman–Crippen LogP) is 4.75. The van der Waals surface area contributed by atoms with Crippen LogP contribution >= 0.6 is 0 Å². The molecule has 1 fully saturated rings. The van der Waals surface area contributed by atoms with E-state index in [1.165, 1.54) is 0 Å². The first-order valence-corrected chi connectivity index (χ1v) is 13.7. The number of H-pyrrole nitrogens is 1. The molecule has 39 heavy (non-hydrogen) atoms. The minimum atomic E-state index is -0.495. The molecule has 0 radical (unpaired) electrons. The topological polar surface area (TPSA) is 98.2 Å². The Morgan fingerprint density at radius 2 is 2.03 bits per heavy atom. The fourth-order valence-corrected chi connectivity index (χ4v) is 5.32. The number of aromatic amines is 1. The van der Waals surface area contributed by atoms with Gasteiger partial charge in [-0.3, -0.25) is 9.69 Å². The number of aryl methyl sites for hydroxylation is 1. The Morgan fingerprint density at radius 3 is 2.72 bits per heavy atom. The molecule has 0 amide bonds. The van der Waals surface area contributed by atoms with Crippen molar-refractivity contribution in [3.63, 3.8) is 0 Å². The number of methoxy groups -OCH3 is 1. The first-order valence-electron chi connectivity index (χ1n) is 13.7. The van der Waals surface area contributed by atoms with Crippen LogP contribution in [0.15, 0.2) is 53.3 Å². The molecule has 0 bridgehead atoms. The zero-order chi connectivity index (χ0) is 27.6. The summed E-state index contributed by atoms with van der Waals surface area (Å²) < 4.78 is 13.4. The predicted molar refractivity (Wildman–Crippen MR) is 151 cm³/mol. The van der Waals surface area contributed by atoms with Gasteiger partial charge in [0.1, 0.15) is 11.8 Å². The van der Waals surface area contributed by atoms with Crippen LogP contribution in [0.2, 0.25) is 0 Å². The van der Waals surface area contributed by atoms with Gasteiger partial charge in [0.2, 0.25) is 0 Å². The lowest BCUT2D eigenvalue weighted by Gasteiger charge is -2.34. The van der Waals surface area contributed by atoms with Gasteiger partial charge in [-0.05, 0) is 85.2 Å². The maximum Gasteiger partial charge on any atom is 0.253 e. The van der Waals surface area contributed by atoms with E-state index >= 15 is 0 Å². The fraction of sp³-hybridized carbons (Fsp3) is 0.467. The van der Waals surface area contributed by atoms with Crippen LogP contribution in [-0.2, 0) is 16.8 Å². The lowest BCUT2D eigenvalue weighted by atomic mass is 9.98. The van der Waals surface area contributed by atoms with E-state index in [0.29, 0.717) is 24.5 Å². The summed E-state index contributed by atoms with van der Waals surface area (Å²) in [6.45, 7) is 10.3. The monoisotopic (exact) mass is 530 g/mol. The number of fused-ring (bicyclic) bond motifs is 1. The highest BCUT2D eigenvalue weighted by Crippen LogP contribution is 2.33. The number of hydrogen-bond acceptors (Lipinski definition) is 7. The van der Waals surface area contributed by atoms with E-state index in [2.05, 4.69) is 58.3 Å². The lowest BCUT2D eigenvalue weighted by molar-refractivity contribution is 0.0562. The lowest BCUT2D eigenvalue weighted by Crippen LogP contribution is -2.41. The van der Waals surface area contributed by atoms with Gasteiger partial charge in [0.25, 0.3) is 5.56 Å². The largest absolute Gasteiger partial charge is 0.497 e. The summed E-state index contributed by atoms with van der Waals surface area (Å²) in [5.74, 6) is 1.45. The van der Waals surface area contributed by atoms with E-state index in [1.54, 1.807) is 7.11 Å². The zero-order valence-corrected chi connectivity index (χ0v) is 23.5. The van der Waals surface area contributed by atoms with Crippen molar-refractivity contribution < 1.29 is 9.47 Å². The third kappa shape index (κ3) is 5.60. The number of nitrogens with one attached hydrogen (secondary N) is 1. The first-order chi connectivity index (χ1) is 18.8. The summed E-state index contributed by atoms with van der Waals surface area (Å²) in [6.07, 6.45) is 2.90. The van der Waals surface area contributed by atoms with Gasteiger partial charge >= 0.3 is 0 Å². The second-order valence-electron chi connectivity index (χ2n) is 11.0. The molecule has 2 aromatic carbocycles. The highest BCUT2D eigenvalue weighted by atomic mass is 16.5. The summed E-state index contributed by atoms with van der Waals surface area (Å²) in [4.78, 5) is 19.3. The number of nitrogens with zero attached hydrogens (tertiary/aromatic N) is 5. The normalized spacial score (nSPS) is 16.7. The van der Waals surface area contributed by atoms with Gasteiger partial charge in [-0.1, -0.05) is 37.3 Å². The van der Waals surface area contributed by atoms with Crippen LogP contribution in [0.1, 0.15) is 68.6 Å². The van der Waals surface area contributed by atoms with Crippen molar-refractivity contribution in [3.8, 4) is 5.75 Å². The van der Waals surface area contributed by atoms with Crippen LogP contribution in [0.3, 0.4) is 0 Å². The second-order valence-corrected chi connectivity index (χ2v) is 11.0. The number of ether oxygens (including phenoxy) is 2. The van der Waals surface area contributed by atoms with Crippen LogP contribution in [0.4, 0.5) is 0 Å². The maximum absolute atomic E-state index is 13.8. The van der Waals surface area contributed by atoms with Crippen molar-refractivity contribution in [1.82, 2.24) is 30.1 Å². The van der Waals surface area contributed by atoms with E-state index in [-0.39, 0.29) is 17.2 Å². The molecule has 9 heteroatoms. The summed E-state index contributed by atoms with van der Waals surface area (Å²) >= 11 is 0. The molecular formula is C30H38N6O3. The van der Waals surface area contributed by atoms with Crippen molar-refractivity contribution in [2.45, 2.75) is 71.2 Å². The van der Waals surface area contributed by atoms with Crippen LogP contribution in [0.5, 0.6) is 5.75 Å². The summed E-state index contributed by atoms with van der Waals surface area (Å²) in [5, 5.41) is 14.1. The van der Waals surface area contributed by atoms with Crippen molar-refractivity contribution >= 4 is 10.9 Å². The van der Waals surface area contributed by atoms with Gasteiger partial charge in [0.15, 0.2) is 5.82 Å². The van der Waals surface area contributed by atoms with Crippen LogP contribution in [-0.4, -0.2) is 56.5 Å². The minimum Gasteiger partial charge on any atom is -0.497 e. The molecular weight excluding hydrogens is 492 g/mol. The van der Waals surface area contributed by atoms with Gasteiger partial charge in [0.05, 0.1) is 24.3 Å². The molecule has 0 aliphatic carbocycles. The number of rotatable bonds is 10. The Hall–Kier alpha value is -3.56. The van der Waals surface area contributed by atoms with E-state index in [1.807, 2.05) is 48.0 Å². The molecule has 2 aromatic heterocycles. The van der Waals surface area contributed by atoms with E-state index < -0.39 is 6.04 Å². The van der Waals surface area contributed by atoms with Crippen molar-refractivity contribution in [1.29, 1.82) is 0 Å².